The maximum Gasteiger partial charge on any atom is 0.409 e. The average molecular weight is 203 g/mol. The highest BCUT2D eigenvalue weighted by Gasteiger charge is 2.02. The van der Waals surface area contributed by atoms with Crippen LogP contribution in [0.3, 0.4) is 0 Å². The Hall–Kier alpha value is -2.23. The number of ether oxygens (including phenoxy) is 1. The number of benzene rings is 1. The molecule has 76 valence electrons. The van der Waals surface area contributed by atoms with E-state index in [0.29, 0.717) is 5.75 Å². The maximum atomic E-state index is 10.5. The average Bonchev–Trinajstić information content (AvgIpc) is 2.71. The van der Waals surface area contributed by atoms with Gasteiger partial charge >= 0.3 is 6.09 Å². The molecule has 1 aromatic heterocycles. The lowest BCUT2D eigenvalue weighted by atomic mass is 10.2. The number of carbonyl (C=O) groups excluding carboxylic acids is 1. The van der Waals surface area contributed by atoms with Crippen LogP contribution in [0.4, 0.5) is 4.79 Å². The van der Waals surface area contributed by atoms with Gasteiger partial charge in [-0.3, -0.25) is 0 Å². The van der Waals surface area contributed by atoms with Gasteiger partial charge in [-0.1, -0.05) is 0 Å². The summed E-state index contributed by atoms with van der Waals surface area (Å²) >= 11 is 0. The van der Waals surface area contributed by atoms with E-state index in [-0.39, 0.29) is 0 Å². The Morgan fingerprint density at radius 1 is 1.20 bits per heavy atom. The molecule has 4 nitrogen and oxygen atoms in total. The Morgan fingerprint density at radius 2 is 1.93 bits per heavy atom. The van der Waals surface area contributed by atoms with Crippen molar-refractivity contribution in [1.29, 1.82) is 0 Å². The Morgan fingerprint density at radius 3 is 2.47 bits per heavy atom. The number of rotatable bonds is 2. The summed E-state index contributed by atoms with van der Waals surface area (Å²) in [6, 6.07) is 10.5. The first-order chi connectivity index (χ1) is 7.25. The van der Waals surface area contributed by atoms with Gasteiger partial charge in [0, 0.05) is 5.56 Å². The zero-order valence-corrected chi connectivity index (χ0v) is 7.84. The van der Waals surface area contributed by atoms with Crippen LogP contribution in [0.25, 0.3) is 11.3 Å². The van der Waals surface area contributed by atoms with Crippen LogP contribution in [0.1, 0.15) is 0 Å². The molecule has 1 heterocycles. The van der Waals surface area contributed by atoms with E-state index in [0.717, 1.165) is 11.3 Å². The molecule has 0 spiro atoms. The molecule has 0 atom stereocenters. The quantitative estimate of drug-likeness (QED) is 0.814. The largest absolute Gasteiger partial charge is 0.464 e. The SMILES string of the molecule is NC(=O)Oc1ccc(-c2ccco2)cc1. The Labute approximate surface area is 86.3 Å². The molecular weight excluding hydrogens is 194 g/mol. The van der Waals surface area contributed by atoms with E-state index in [1.165, 1.54) is 0 Å². The summed E-state index contributed by atoms with van der Waals surface area (Å²) in [5.41, 5.74) is 5.79. The van der Waals surface area contributed by atoms with Crippen molar-refractivity contribution in [3.05, 3.63) is 42.7 Å². The third-order valence-corrected chi connectivity index (χ3v) is 1.88. The third kappa shape index (κ3) is 2.17. The van der Waals surface area contributed by atoms with Gasteiger partial charge in [0.2, 0.25) is 0 Å². The lowest BCUT2D eigenvalue weighted by Gasteiger charge is -2.01. The molecule has 0 aliphatic heterocycles. The molecule has 0 unspecified atom stereocenters. The van der Waals surface area contributed by atoms with E-state index < -0.39 is 6.09 Å². The van der Waals surface area contributed by atoms with Gasteiger partial charge in [-0.25, -0.2) is 4.79 Å². The van der Waals surface area contributed by atoms with Crippen LogP contribution in [-0.4, -0.2) is 6.09 Å². The fraction of sp³-hybridized carbons (Fsp3) is 0. The summed E-state index contributed by atoms with van der Waals surface area (Å²) in [6.07, 6.45) is 0.782. The number of hydrogen-bond donors (Lipinski definition) is 1. The van der Waals surface area contributed by atoms with E-state index in [9.17, 15) is 4.79 Å². The van der Waals surface area contributed by atoms with E-state index >= 15 is 0 Å². The number of primary amides is 1. The smallest absolute Gasteiger partial charge is 0.409 e. The molecule has 2 rings (SSSR count). The van der Waals surface area contributed by atoms with Crippen molar-refractivity contribution in [3.8, 4) is 17.1 Å². The van der Waals surface area contributed by atoms with E-state index in [4.69, 9.17) is 14.9 Å². The molecular formula is C11H9NO3. The molecule has 0 saturated heterocycles. The molecule has 0 fully saturated rings. The molecule has 1 amide bonds. The standard InChI is InChI=1S/C11H9NO3/c12-11(13)15-9-5-3-8(4-6-9)10-2-1-7-14-10/h1-7H,(H2,12,13). The van der Waals surface area contributed by atoms with Crippen molar-refractivity contribution in [2.45, 2.75) is 0 Å². The predicted octanol–water partition coefficient (Wildman–Crippen LogP) is 2.40. The molecule has 4 heteroatoms. The van der Waals surface area contributed by atoms with Crippen molar-refractivity contribution in [3.63, 3.8) is 0 Å². The van der Waals surface area contributed by atoms with Crippen LogP contribution in [0, 0.1) is 0 Å². The van der Waals surface area contributed by atoms with Gasteiger partial charge in [0.1, 0.15) is 11.5 Å². The highest BCUT2D eigenvalue weighted by atomic mass is 16.5. The molecule has 0 bridgehead atoms. The summed E-state index contributed by atoms with van der Waals surface area (Å²) < 4.78 is 9.90. The fourth-order valence-electron chi connectivity index (χ4n) is 1.25. The number of hydrogen-bond acceptors (Lipinski definition) is 3. The lowest BCUT2D eigenvalue weighted by Crippen LogP contribution is -2.16. The normalized spacial score (nSPS) is 9.87. The van der Waals surface area contributed by atoms with Gasteiger partial charge in [0.25, 0.3) is 0 Å². The molecule has 1 aromatic carbocycles. The maximum absolute atomic E-state index is 10.5. The number of amides is 1. The van der Waals surface area contributed by atoms with Gasteiger partial charge in [0.05, 0.1) is 6.26 Å². The Kier molecular flexibility index (Phi) is 2.41. The Balaban J connectivity index is 2.21. The number of nitrogens with two attached hydrogens (primary N) is 1. The first-order valence-corrected chi connectivity index (χ1v) is 4.37. The van der Waals surface area contributed by atoms with Crippen molar-refractivity contribution in [2.24, 2.45) is 5.73 Å². The minimum atomic E-state index is -0.819. The minimum Gasteiger partial charge on any atom is -0.464 e. The van der Waals surface area contributed by atoms with Gasteiger partial charge in [-0.15, -0.1) is 0 Å². The Bertz CT molecular complexity index is 445. The summed E-state index contributed by atoms with van der Waals surface area (Å²) in [6.45, 7) is 0. The second-order valence-corrected chi connectivity index (χ2v) is 2.92. The summed E-state index contributed by atoms with van der Waals surface area (Å²) in [5.74, 6) is 1.18. The van der Waals surface area contributed by atoms with Crippen molar-refractivity contribution < 1.29 is 13.9 Å². The van der Waals surface area contributed by atoms with Gasteiger partial charge in [-0.2, -0.15) is 0 Å². The molecule has 0 saturated carbocycles. The van der Waals surface area contributed by atoms with Crippen LogP contribution in [-0.2, 0) is 0 Å². The molecule has 2 aromatic rings. The number of carbonyl (C=O) groups is 1. The minimum absolute atomic E-state index is 0.415. The molecule has 0 radical (unpaired) electrons. The second kappa shape index (κ2) is 3.88. The van der Waals surface area contributed by atoms with Crippen LogP contribution in [0.2, 0.25) is 0 Å². The first kappa shape index (κ1) is 9.33. The van der Waals surface area contributed by atoms with Crippen molar-refractivity contribution in [1.82, 2.24) is 0 Å². The summed E-state index contributed by atoms with van der Waals surface area (Å²) in [4.78, 5) is 10.5. The van der Waals surface area contributed by atoms with Gasteiger partial charge in [-0.05, 0) is 36.4 Å². The van der Waals surface area contributed by atoms with Crippen molar-refractivity contribution >= 4 is 6.09 Å². The van der Waals surface area contributed by atoms with Crippen LogP contribution >= 0.6 is 0 Å². The van der Waals surface area contributed by atoms with Gasteiger partial charge in [0.15, 0.2) is 0 Å². The zero-order valence-electron chi connectivity index (χ0n) is 7.84. The summed E-state index contributed by atoms with van der Waals surface area (Å²) in [7, 11) is 0. The molecule has 15 heavy (non-hydrogen) atoms. The van der Waals surface area contributed by atoms with E-state index in [1.54, 1.807) is 30.5 Å². The monoisotopic (exact) mass is 203 g/mol. The molecule has 0 aliphatic rings. The fourth-order valence-corrected chi connectivity index (χ4v) is 1.25. The molecule has 0 aliphatic carbocycles. The molecule has 2 N–H and O–H groups in total. The lowest BCUT2D eigenvalue weighted by molar-refractivity contribution is 0.211. The highest BCUT2D eigenvalue weighted by Crippen LogP contribution is 2.22. The topological polar surface area (TPSA) is 65.5 Å². The third-order valence-electron chi connectivity index (χ3n) is 1.88. The summed E-state index contributed by atoms with van der Waals surface area (Å²) in [5, 5.41) is 0. The number of furan rings is 1. The van der Waals surface area contributed by atoms with Crippen LogP contribution in [0.5, 0.6) is 5.75 Å². The van der Waals surface area contributed by atoms with Crippen LogP contribution in [0.15, 0.2) is 47.1 Å². The first-order valence-electron chi connectivity index (χ1n) is 4.37. The van der Waals surface area contributed by atoms with E-state index in [2.05, 4.69) is 0 Å². The second-order valence-electron chi connectivity index (χ2n) is 2.92. The van der Waals surface area contributed by atoms with Crippen molar-refractivity contribution in [2.75, 3.05) is 0 Å². The van der Waals surface area contributed by atoms with Gasteiger partial charge < -0.3 is 14.9 Å². The zero-order chi connectivity index (χ0) is 10.7. The predicted molar refractivity (Wildman–Crippen MR) is 54.4 cm³/mol. The highest BCUT2D eigenvalue weighted by molar-refractivity contribution is 5.68. The van der Waals surface area contributed by atoms with Crippen LogP contribution < -0.4 is 10.5 Å². The van der Waals surface area contributed by atoms with E-state index in [1.807, 2.05) is 12.1 Å².